The van der Waals surface area contributed by atoms with Crippen LogP contribution in [0.5, 0.6) is 0 Å². The number of hydrogen-bond acceptors (Lipinski definition) is 0. The van der Waals surface area contributed by atoms with Crippen molar-refractivity contribution in [2.24, 2.45) is 0 Å². The molecule has 27 heavy (non-hydrogen) atoms. The van der Waals surface area contributed by atoms with Crippen LogP contribution in [0.1, 0.15) is 36.4 Å². The summed E-state index contributed by atoms with van der Waals surface area (Å²) in [5, 5.41) is 0.171. The lowest BCUT2D eigenvalue weighted by Gasteiger charge is -2.34. The lowest BCUT2D eigenvalue weighted by atomic mass is 9.83. The standard InChI is InChI=1S/C19H16BCl2F3N2/c1-9-5-11(3)26-18(9)17(16-14(21)7-13(23)8-15(16)22)19-10(2)6-12(4)27(19)20(26,24)25/h5-8H,1-4H3. The van der Waals surface area contributed by atoms with Gasteiger partial charge in [-0.05, 0) is 50.2 Å². The second-order valence-electron chi connectivity index (χ2n) is 7.08. The van der Waals surface area contributed by atoms with Crippen LogP contribution in [-0.4, -0.2) is 21.6 Å². The number of allylic oxidation sites excluding steroid dienone is 2. The van der Waals surface area contributed by atoms with Crippen molar-refractivity contribution in [3.05, 3.63) is 73.9 Å². The first-order valence-corrected chi connectivity index (χ1v) is 9.23. The molecule has 2 nitrogen and oxygen atoms in total. The molecule has 2 aliphatic rings. The molecule has 0 spiro atoms. The molecule has 140 valence electrons. The summed E-state index contributed by atoms with van der Waals surface area (Å²) in [5.74, 6) is -0.578. The van der Waals surface area contributed by atoms with Gasteiger partial charge in [0.15, 0.2) is 5.70 Å². The molecule has 1 aromatic heterocycles. The molecule has 0 N–H and O–H groups in total. The number of nitrogens with zero attached hydrogens (tertiary/aromatic N) is 2. The normalized spacial score (nSPS) is 18.0. The SMILES string of the molecule is CC1=CC(C)=[N+]2C1=C(c1c(Cl)cc(F)cc1Cl)c1c(C)cc(C)n1[B-]2(F)F. The van der Waals surface area contributed by atoms with Crippen molar-refractivity contribution in [3.8, 4) is 0 Å². The minimum atomic E-state index is -4.08. The Kier molecular flexibility index (Phi) is 3.96. The van der Waals surface area contributed by atoms with E-state index in [4.69, 9.17) is 23.2 Å². The third-order valence-electron chi connectivity index (χ3n) is 5.19. The molecule has 4 rings (SSSR count). The Bertz CT molecular complexity index is 1100. The molecule has 0 saturated carbocycles. The van der Waals surface area contributed by atoms with Gasteiger partial charge in [-0.25, -0.2) is 4.39 Å². The van der Waals surface area contributed by atoms with Gasteiger partial charge in [0, 0.05) is 29.8 Å². The second kappa shape index (κ2) is 5.79. The zero-order valence-corrected chi connectivity index (χ0v) is 16.7. The summed E-state index contributed by atoms with van der Waals surface area (Å²) >= 11 is 12.7. The van der Waals surface area contributed by atoms with E-state index >= 15 is 8.63 Å². The number of fused-ring (bicyclic) bond motifs is 2. The molecule has 0 unspecified atom stereocenters. The van der Waals surface area contributed by atoms with Crippen molar-refractivity contribution in [1.29, 1.82) is 0 Å². The first kappa shape index (κ1) is 18.4. The zero-order chi connectivity index (χ0) is 19.8. The highest BCUT2D eigenvalue weighted by Gasteiger charge is 2.55. The minimum absolute atomic E-state index is 0.0855. The smallest absolute Gasteiger partial charge is 0.393 e. The largest absolute Gasteiger partial charge is 0.737 e. The van der Waals surface area contributed by atoms with E-state index in [1.165, 1.54) is 0 Å². The highest BCUT2D eigenvalue weighted by molar-refractivity contribution is 6.58. The fraction of sp³-hybridized carbons (Fsp3) is 0.211. The summed E-state index contributed by atoms with van der Waals surface area (Å²) in [7, 11) is 0. The predicted octanol–water partition coefficient (Wildman–Crippen LogP) is 5.98. The maximum atomic E-state index is 15.5. The highest BCUT2D eigenvalue weighted by Crippen LogP contribution is 2.47. The Morgan fingerprint density at radius 3 is 2.19 bits per heavy atom. The van der Waals surface area contributed by atoms with Gasteiger partial charge in [0.05, 0.1) is 15.6 Å². The van der Waals surface area contributed by atoms with E-state index in [1.807, 2.05) is 0 Å². The van der Waals surface area contributed by atoms with Crippen molar-refractivity contribution >= 4 is 41.5 Å². The van der Waals surface area contributed by atoms with E-state index in [1.54, 1.807) is 39.8 Å². The van der Waals surface area contributed by atoms with Crippen LogP contribution in [0.25, 0.3) is 5.57 Å². The summed E-state index contributed by atoms with van der Waals surface area (Å²) in [6.45, 7) is 2.76. The predicted molar refractivity (Wildman–Crippen MR) is 104 cm³/mol. The second-order valence-corrected chi connectivity index (χ2v) is 7.90. The van der Waals surface area contributed by atoms with Crippen LogP contribution in [0.3, 0.4) is 0 Å². The van der Waals surface area contributed by atoms with Gasteiger partial charge >= 0.3 is 6.97 Å². The fourth-order valence-corrected chi connectivity index (χ4v) is 4.97. The van der Waals surface area contributed by atoms with Gasteiger partial charge < -0.3 is 17.6 Å². The number of benzene rings is 1. The molecule has 2 aromatic rings. The summed E-state index contributed by atoms with van der Waals surface area (Å²) in [6, 6.07) is 4.02. The lowest BCUT2D eigenvalue weighted by molar-refractivity contribution is -0.363. The van der Waals surface area contributed by atoms with E-state index in [0.29, 0.717) is 45.1 Å². The van der Waals surface area contributed by atoms with Crippen molar-refractivity contribution in [2.45, 2.75) is 27.7 Å². The van der Waals surface area contributed by atoms with Gasteiger partial charge in [-0.15, -0.1) is 0 Å². The van der Waals surface area contributed by atoms with E-state index in [9.17, 15) is 4.39 Å². The van der Waals surface area contributed by atoms with E-state index < -0.39 is 12.8 Å². The van der Waals surface area contributed by atoms with Crippen LogP contribution in [0, 0.1) is 19.7 Å². The van der Waals surface area contributed by atoms with Gasteiger partial charge in [0.2, 0.25) is 0 Å². The summed E-state index contributed by atoms with van der Waals surface area (Å²) < 4.78 is 46.9. The Morgan fingerprint density at radius 2 is 1.59 bits per heavy atom. The van der Waals surface area contributed by atoms with Crippen molar-refractivity contribution in [3.63, 3.8) is 0 Å². The average Bonchev–Trinajstić information content (AvgIpc) is 2.99. The van der Waals surface area contributed by atoms with Crippen molar-refractivity contribution in [2.75, 3.05) is 0 Å². The molecule has 0 amide bonds. The maximum absolute atomic E-state index is 15.5. The van der Waals surface area contributed by atoms with Gasteiger partial charge in [-0.3, -0.25) is 0 Å². The van der Waals surface area contributed by atoms with E-state index in [2.05, 4.69) is 0 Å². The molecular weight excluding hydrogens is 395 g/mol. The Hall–Kier alpha value is -1.92. The quantitative estimate of drug-likeness (QED) is 0.511. The summed E-state index contributed by atoms with van der Waals surface area (Å²) in [4.78, 5) is 0. The number of halogens is 5. The number of aryl methyl sites for hydroxylation is 2. The molecule has 2 aliphatic heterocycles. The molecule has 0 saturated heterocycles. The van der Waals surface area contributed by atoms with E-state index in [-0.39, 0.29) is 10.0 Å². The van der Waals surface area contributed by atoms with Gasteiger partial charge in [0.25, 0.3) is 0 Å². The van der Waals surface area contributed by atoms with Crippen LogP contribution in [0.4, 0.5) is 13.0 Å². The number of aromatic nitrogens is 1. The maximum Gasteiger partial charge on any atom is 0.737 e. The van der Waals surface area contributed by atoms with Crippen LogP contribution in [-0.2, 0) is 0 Å². The lowest BCUT2D eigenvalue weighted by Crippen LogP contribution is -2.51. The molecule has 0 atom stereocenters. The van der Waals surface area contributed by atoms with E-state index in [0.717, 1.165) is 21.1 Å². The van der Waals surface area contributed by atoms with Gasteiger partial charge in [-0.2, -0.15) is 0 Å². The van der Waals surface area contributed by atoms with Gasteiger partial charge in [0.1, 0.15) is 11.5 Å². The molecule has 0 radical (unpaired) electrons. The van der Waals surface area contributed by atoms with Crippen LogP contribution >= 0.6 is 23.2 Å². The molecule has 0 bridgehead atoms. The van der Waals surface area contributed by atoms with Crippen molar-refractivity contribution < 1.29 is 17.5 Å². The van der Waals surface area contributed by atoms with Crippen molar-refractivity contribution in [1.82, 2.24) is 4.48 Å². The summed E-state index contributed by atoms with van der Waals surface area (Å²) in [6.07, 6.45) is 1.72. The van der Waals surface area contributed by atoms with Crippen LogP contribution in [0.15, 0.2) is 35.5 Å². The zero-order valence-electron chi connectivity index (χ0n) is 15.2. The first-order chi connectivity index (χ1) is 12.6. The molecule has 0 fully saturated rings. The number of rotatable bonds is 1. The molecule has 0 aliphatic carbocycles. The molecule has 8 heteroatoms. The summed E-state index contributed by atoms with van der Waals surface area (Å²) in [5.41, 5.74) is 3.83. The Labute approximate surface area is 165 Å². The molecule has 3 heterocycles. The van der Waals surface area contributed by atoms with Crippen LogP contribution < -0.4 is 0 Å². The number of hydrogen-bond donors (Lipinski definition) is 0. The third-order valence-corrected chi connectivity index (χ3v) is 5.79. The fourth-order valence-electron chi connectivity index (χ4n) is 4.32. The van der Waals surface area contributed by atoms with Gasteiger partial charge in [-0.1, -0.05) is 23.2 Å². The third kappa shape index (κ3) is 2.39. The highest BCUT2D eigenvalue weighted by atomic mass is 35.5. The first-order valence-electron chi connectivity index (χ1n) is 8.47. The molecular formula is C19H16BCl2F3N2. The topological polar surface area (TPSA) is 7.94 Å². The average molecular weight is 411 g/mol. The monoisotopic (exact) mass is 410 g/mol. The van der Waals surface area contributed by atoms with Crippen LogP contribution in [0.2, 0.25) is 10.0 Å². The molecule has 1 aromatic carbocycles. The Balaban J connectivity index is 2.23. The minimum Gasteiger partial charge on any atom is -0.393 e. The Morgan fingerprint density at radius 1 is 1.00 bits per heavy atom.